The summed E-state index contributed by atoms with van der Waals surface area (Å²) in [5, 5.41) is 6.14. The van der Waals surface area contributed by atoms with Crippen LogP contribution in [-0.2, 0) is 0 Å². The SMILES string of the molecule is COc1cc(OC)cc(C(=O)N/N=C\c2c(OC)ccc3ccccc23)c1. The zero-order chi connectivity index (χ0) is 19.2. The number of nitrogens with zero attached hydrogens (tertiary/aromatic N) is 1. The van der Waals surface area contributed by atoms with E-state index in [1.54, 1.807) is 31.5 Å². The average molecular weight is 364 g/mol. The van der Waals surface area contributed by atoms with E-state index in [1.165, 1.54) is 14.2 Å². The molecule has 0 saturated carbocycles. The van der Waals surface area contributed by atoms with E-state index < -0.39 is 0 Å². The van der Waals surface area contributed by atoms with Crippen molar-refractivity contribution in [3.05, 3.63) is 65.7 Å². The Labute approximate surface area is 157 Å². The molecule has 1 N–H and O–H groups in total. The molecule has 3 aromatic carbocycles. The highest BCUT2D eigenvalue weighted by molar-refractivity contribution is 6.03. The van der Waals surface area contributed by atoms with Gasteiger partial charge in [-0.05, 0) is 29.0 Å². The van der Waals surface area contributed by atoms with Crippen molar-refractivity contribution >= 4 is 22.9 Å². The summed E-state index contributed by atoms with van der Waals surface area (Å²) in [6.07, 6.45) is 1.58. The van der Waals surface area contributed by atoms with Crippen LogP contribution < -0.4 is 19.6 Å². The van der Waals surface area contributed by atoms with Crippen molar-refractivity contribution < 1.29 is 19.0 Å². The second-order valence-corrected chi connectivity index (χ2v) is 5.70. The molecule has 0 heterocycles. The van der Waals surface area contributed by atoms with Gasteiger partial charge in [0.2, 0.25) is 0 Å². The van der Waals surface area contributed by atoms with E-state index in [0.29, 0.717) is 22.8 Å². The fourth-order valence-electron chi connectivity index (χ4n) is 2.75. The molecule has 6 nitrogen and oxygen atoms in total. The van der Waals surface area contributed by atoms with E-state index in [1.807, 2.05) is 36.4 Å². The first kappa shape index (κ1) is 18.3. The van der Waals surface area contributed by atoms with Crippen molar-refractivity contribution in [1.82, 2.24) is 5.43 Å². The van der Waals surface area contributed by atoms with Gasteiger partial charge in [0.25, 0.3) is 5.91 Å². The summed E-state index contributed by atoms with van der Waals surface area (Å²) in [7, 11) is 4.66. The predicted molar refractivity (Wildman–Crippen MR) is 105 cm³/mol. The molecular formula is C21H20N2O4. The monoisotopic (exact) mass is 364 g/mol. The second kappa shape index (κ2) is 8.23. The first-order valence-corrected chi connectivity index (χ1v) is 8.28. The molecule has 0 radical (unpaired) electrons. The van der Waals surface area contributed by atoms with Gasteiger partial charge in [-0.3, -0.25) is 4.79 Å². The van der Waals surface area contributed by atoms with Crippen LogP contribution in [0, 0.1) is 0 Å². The lowest BCUT2D eigenvalue weighted by atomic mass is 10.0. The molecule has 0 saturated heterocycles. The number of nitrogens with one attached hydrogen (secondary N) is 1. The highest BCUT2D eigenvalue weighted by Gasteiger charge is 2.10. The number of benzene rings is 3. The largest absolute Gasteiger partial charge is 0.497 e. The Morgan fingerprint density at radius 2 is 1.63 bits per heavy atom. The van der Waals surface area contributed by atoms with E-state index >= 15 is 0 Å². The van der Waals surface area contributed by atoms with Gasteiger partial charge in [0.05, 0.1) is 27.5 Å². The van der Waals surface area contributed by atoms with Crippen LogP contribution in [0.5, 0.6) is 17.2 Å². The molecule has 0 aliphatic heterocycles. The van der Waals surface area contributed by atoms with Crippen LogP contribution in [0.2, 0.25) is 0 Å². The minimum Gasteiger partial charge on any atom is -0.497 e. The lowest BCUT2D eigenvalue weighted by Crippen LogP contribution is -2.17. The number of carbonyl (C=O) groups excluding carboxylic acids is 1. The van der Waals surface area contributed by atoms with Gasteiger partial charge in [0.1, 0.15) is 17.2 Å². The summed E-state index contributed by atoms with van der Waals surface area (Å²) in [5.41, 5.74) is 3.70. The van der Waals surface area contributed by atoms with Crippen LogP contribution in [0.4, 0.5) is 0 Å². The summed E-state index contributed by atoms with van der Waals surface area (Å²) in [6.45, 7) is 0. The summed E-state index contributed by atoms with van der Waals surface area (Å²) in [6, 6.07) is 16.7. The van der Waals surface area contributed by atoms with Crippen LogP contribution in [0.3, 0.4) is 0 Å². The lowest BCUT2D eigenvalue weighted by Gasteiger charge is -2.09. The quantitative estimate of drug-likeness (QED) is 0.536. The van der Waals surface area contributed by atoms with Crippen molar-refractivity contribution in [3.8, 4) is 17.2 Å². The fourth-order valence-corrected chi connectivity index (χ4v) is 2.75. The van der Waals surface area contributed by atoms with E-state index in [4.69, 9.17) is 14.2 Å². The zero-order valence-corrected chi connectivity index (χ0v) is 15.4. The molecule has 0 atom stereocenters. The van der Waals surface area contributed by atoms with E-state index in [0.717, 1.165) is 16.3 Å². The molecule has 27 heavy (non-hydrogen) atoms. The molecule has 0 aliphatic carbocycles. The molecule has 3 aromatic rings. The summed E-state index contributed by atoms with van der Waals surface area (Å²) < 4.78 is 15.8. The van der Waals surface area contributed by atoms with E-state index in [-0.39, 0.29) is 5.91 Å². The Morgan fingerprint density at radius 1 is 0.926 bits per heavy atom. The molecule has 0 bridgehead atoms. The van der Waals surface area contributed by atoms with Gasteiger partial charge in [-0.15, -0.1) is 0 Å². The average Bonchev–Trinajstić information content (AvgIpc) is 2.73. The molecule has 138 valence electrons. The number of amides is 1. The van der Waals surface area contributed by atoms with Crippen molar-refractivity contribution in [3.63, 3.8) is 0 Å². The van der Waals surface area contributed by atoms with Gasteiger partial charge in [-0.2, -0.15) is 5.10 Å². The van der Waals surface area contributed by atoms with Gasteiger partial charge in [0, 0.05) is 17.2 Å². The Balaban J connectivity index is 1.86. The van der Waals surface area contributed by atoms with Crippen LogP contribution in [0.1, 0.15) is 15.9 Å². The Kier molecular flexibility index (Phi) is 5.56. The van der Waals surface area contributed by atoms with Crippen molar-refractivity contribution in [2.45, 2.75) is 0 Å². The maximum absolute atomic E-state index is 12.4. The molecule has 3 rings (SSSR count). The predicted octanol–water partition coefficient (Wildman–Crippen LogP) is 3.63. The number of hydrogen-bond donors (Lipinski definition) is 1. The molecule has 0 aromatic heterocycles. The summed E-state index contributed by atoms with van der Waals surface area (Å²) >= 11 is 0. The van der Waals surface area contributed by atoms with E-state index in [2.05, 4.69) is 10.5 Å². The van der Waals surface area contributed by atoms with Crippen molar-refractivity contribution in [1.29, 1.82) is 0 Å². The van der Waals surface area contributed by atoms with Gasteiger partial charge in [0.15, 0.2) is 0 Å². The fraction of sp³-hybridized carbons (Fsp3) is 0.143. The van der Waals surface area contributed by atoms with Crippen molar-refractivity contribution in [2.75, 3.05) is 21.3 Å². The number of carbonyl (C=O) groups is 1. The number of hydrazone groups is 1. The minimum absolute atomic E-state index is 0.373. The van der Waals surface area contributed by atoms with Gasteiger partial charge in [-0.1, -0.05) is 30.3 Å². The minimum atomic E-state index is -0.373. The first-order chi connectivity index (χ1) is 13.2. The molecular weight excluding hydrogens is 344 g/mol. The highest BCUT2D eigenvalue weighted by atomic mass is 16.5. The molecule has 1 amide bonds. The third kappa shape index (κ3) is 4.00. The van der Waals surface area contributed by atoms with Gasteiger partial charge < -0.3 is 14.2 Å². The van der Waals surface area contributed by atoms with Gasteiger partial charge in [-0.25, -0.2) is 5.43 Å². The number of ether oxygens (including phenoxy) is 3. The smallest absolute Gasteiger partial charge is 0.271 e. The summed E-state index contributed by atoms with van der Waals surface area (Å²) in [4.78, 5) is 12.4. The lowest BCUT2D eigenvalue weighted by molar-refractivity contribution is 0.0954. The zero-order valence-electron chi connectivity index (χ0n) is 15.4. The topological polar surface area (TPSA) is 69.2 Å². The Hall–Kier alpha value is -3.54. The maximum Gasteiger partial charge on any atom is 0.271 e. The van der Waals surface area contributed by atoms with Crippen LogP contribution in [0.25, 0.3) is 10.8 Å². The third-order valence-corrected chi connectivity index (χ3v) is 4.12. The number of methoxy groups -OCH3 is 3. The molecule has 0 spiro atoms. The number of hydrogen-bond acceptors (Lipinski definition) is 5. The maximum atomic E-state index is 12.4. The molecule has 0 fully saturated rings. The number of rotatable bonds is 6. The molecule has 6 heteroatoms. The highest BCUT2D eigenvalue weighted by Crippen LogP contribution is 2.26. The van der Waals surface area contributed by atoms with E-state index in [9.17, 15) is 4.79 Å². The normalized spacial score (nSPS) is 10.8. The summed E-state index contributed by atoms with van der Waals surface area (Å²) in [5.74, 6) is 1.36. The van der Waals surface area contributed by atoms with Crippen molar-refractivity contribution in [2.24, 2.45) is 5.10 Å². The van der Waals surface area contributed by atoms with Crippen LogP contribution in [-0.4, -0.2) is 33.5 Å². The number of fused-ring (bicyclic) bond motifs is 1. The Morgan fingerprint density at radius 3 is 2.30 bits per heavy atom. The molecule has 0 aliphatic rings. The Bertz CT molecular complexity index is 976. The molecule has 0 unspecified atom stereocenters. The standard InChI is InChI=1S/C21H20N2O4/c1-25-16-10-15(11-17(12-16)26-2)21(24)23-22-13-19-18-7-5-4-6-14(18)8-9-20(19)27-3/h4-13H,1-3H3,(H,23,24)/b22-13-. The van der Waals surface area contributed by atoms with Crippen LogP contribution >= 0.6 is 0 Å². The van der Waals surface area contributed by atoms with Crippen LogP contribution in [0.15, 0.2) is 59.7 Å². The first-order valence-electron chi connectivity index (χ1n) is 8.28. The van der Waals surface area contributed by atoms with Gasteiger partial charge >= 0.3 is 0 Å². The second-order valence-electron chi connectivity index (χ2n) is 5.70. The third-order valence-electron chi connectivity index (χ3n) is 4.12.